The van der Waals surface area contributed by atoms with Crippen LogP contribution in [-0.2, 0) is 6.42 Å². The Hall–Kier alpha value is -1.11. The standard InChI is InChI=1S/C20H33N/c1-2-3-4-5-6-7-8-9-10-14-18-21-19-17-20-15-12-11-13-16-20/h11-13,15-16,19H,2-10,14,17-18H2,1H3. The van der Waals surface area contributed by atoms with Crippen molar-refractivity contribution in [1.82, 2.24) is 0 Å². The highest BCUT2D eigenvalue weighted by Crippen LogP contribution is 2.10. The molecule has 1 aromatic rings. The van der Waals surface area contributed by atoms with Crippen molar-refractivity contribution in [3.8, 4) is 0 Å². The minimum Gasteiger partial charge on any atom is -0.297 e. The lowest BCUT2D eigenvalue weighted by molar-refractivity contribution is 0.558. The highest BCUT2D eigenvalue weighted by Gasteiger charge is 1.92. The quantitative estimate of drug-likeness (QED) is 0.301. The van der Waals surface area contributed by atoms with Crippen molar-refractivity contribution in [3.63, 3.8) is 0 Å². The van der Waals surface area contributed by atoms with Gasteiger partial charge < -0.3 is 0 Å². The van der Waals surface area contributed by atoms with Crippen LogP contribution < -0.4 is 0 Å². The van der Waals surface area contributed by atoms with Gasteiger partial charge in [-0.05, 0) is 12.0 Å². The molecule has 1 rings (SSSR count). The lowest BCUT2D eigenvalue weighted by Gasteiger charge is -2.01. The van der Waals surface area contributed by atoms with Crippen molar-refractivity contribution < 1.29 is 0 Å². The fraction of sp³-hybridized carbons (Fsp3) is 0.650. The molecule has 0 saturated heterocycles. The molecule has 0 aliphatic heterocycles. The first-order valence-corrected chi connectivity index (χ1v) is 8.95. The van der Waals surface area contributed by atoms with Crippen LogP contribution in [0.4, 0.5) is 0 Å². The molecule has 0 unspecified atom stereocenters. The molecule has 0 radical (unpaired) electrons. The first-order valence-electron chi connectivity index (χ1n) is 8.95. The molecule has 0 amide bonds. The highest BCUT2D eigenvalue weighted by atomic mass is 14.7. The first-order chi connectivity index (χ1) is 10.4. The molecule has 1 heteroatoms. The second-order valence-electron chi connectivity index (χ2n) is 5.96. The minimum absolute atomic E-state index is 0.971. The number of aliphatic imine (C=N–C) groups is 1. The van der Waals surface area contributed by atoms with E-state index in [0.717, 1.165) is 13.0 Å². The summed E-state index contributed by atoms with van der Waals surface area (Å²) in [6.45, 7) is 3.28. The summed E-state index contributed by atoms with van der Waals surface area (Å²) in [5, 5.41) is 0. The SMILES string of the molecule is CCCCCCCCCCCCN=CCc1ccccc1. The Bertz CT molecular complexity index is 342. The third kappa shape index (κ3) is 11.2. The Morgan fingerprint density at radius 3 is 1.95 bits per heavy atom. The van der Waals surface area contributed by atoms with Gasteiger partial charge in [0.1, 0.15) is 0 Å². The second kappa shape index (κ2) is 13.9. The number of rotatable bonds is 13. The summed E-state index contributed by atoms with van der Waals surface area (Å²) in [5.41, 5.74) is 1.35. The van der Waals surface area contributed by atoms with E-state index in [0.29, 0.717) is 0 Å². The smallest absolute Gasteiger partial charge is 0.0385 e. The van der Waals surface area contributed by atoms with E-state index in [2.05, 4.69) is 48.5 Å². The topological polar surface area (TPSA) is 12.4 Å². The zero-order valence-electron chi connectivity index (χ0n) is 13.9. The van der Waals surface area contributed by atoms with E-state index in [9.17, 15) is 0 Å². The fourth-order valence-electron chi connectivity index (χ4n) is 2.57. The zero-order valence-corrected chi connectivity index (χ0v) is 13.9. The maximum atomic E-state index is 4.51. The van der Waals surface area contributed by atoms with E-state index in [1.54, 1.807) is 0 Å². The van der Waals surface area contributed by atoms with E-state index in [-0.39, 0.29) is 0 Å². The number of unbranched alkanes of at least 4 members (excludes halogenated alkanes) is 9. The van der Waals surface area contributed by atoms with Gasteiger partial charge in [-0.15, -0.1) is 0 Å². The largest absolute Gasteiger partial charge is 0.297 e. The summed E-state index contributed by atoms with van der Waals surface area (Å²) >= 11 is 0. The van der Waals surface area contributed by atoms with Crippen LogP contribution in [0.1, 0.15) is 76.7 Å². The van der Waals surface area contributed by atoms with Gasteiger partial charge in [0, 0.05) is 19.2 Å². The van der Waals surface area contributed by atoms with Gasteiger partial charge in [0.15, 0.2) is 0 Å². The summed E-state index contributed by atoms with van der Waals surface area (Å²) in [5.74, 6) is 0. The van der Waals surface area contributed by atoms with Crippen molar-refractivity contribution in [2.45, 2.75) is 77.6 Å². The molecule has 0 bridgehead atoms. The van der Waals surface area contributed by atoms with E-state index in [1.807, 2.05) is 0 Å². The van der Waals surface area contributed by atoms with Crippen molar-refractivity contribution in [2.75, 3.05) is 6.54 Å². The predicted molar refractivity (Wildman–Crippen MR) is 95.3 cm³/mol. The Morgan fingerprint density at radius 1 is 0.762 bits per heavy atom. The molecule has 21 heavy (non-hydrogen) atoms. The van der Waals surface area contributed by atoms with E-state index >= 15 is 0 Å². The van der Waals surface area contributed by atoms with Crippen LogP contribution in [0, 0.1) is 0 Å². The average molecular weight is 287 g/mol. The molecule has 0 spiro atoms. The molecule has 0 atom stereocenters. The molecule has 0 N–H and O–H groups in total. The molecule has 0 aliphatic carbocycles. The monoisotopic (exact) mass is 287 g/mol. The highest BCUT2D eigenvalue weighted by molar-refractivity contribution is 5.61. The van der Waals surface area contributed by atoms with Crippen LogP contribution in [0.5, 0.6) is 0 Å². The van der Waals surface area contributed by atoms with E-state index in [4.69, 9.17) is 0 Å². The number of benzene rings is 1. The summed E-state index contributed by atoms with van der Waals surface area (Å²) in [6, 6.07) is 10.6. The Morgan fingerprint density at radius 2 is 1.33 bits per heavy atom. The molecule has 1 nitrogen and oxygen atoms in total. The van der Waals surface area contributed by atoms with E-state index in [1.165, 1.54) is 69.8 Å². The maximum Gasteiger partial charge on any atom is 0.0385 e. The first kappa shape index (κ1) is 17.9. The summed E-state index contributed by atoms with van der Waals surface area (Å²) in [4.78, 5) is 4.51. The third-order valence-electron chi connectivity index (χ3n) is 3.94. The second-order valence-corrected chi connectivity index (χ2v) is 5.96. The third-order valence-corrected chi connectivity index (χ3v) is 3.94. The molecular weight excluding hydrogens is 254 g/mol. The van der Waals surface area contributed by atoms with Crippen LogP contribution in [-0.4, -0.2) is 12.8 Å². The molecule has 0 fully saturated rings. The van der Waals surface area contributed by atoms with Crippen molar-refractivity contribution in [2.24, 2.45) is 4.99 Å². The van der Waals surface area contributed by atoms with Crippen molar-refractivity contribution in [1.29, 1.82) is 0 Å². The molecule has 0 saturated carbocycles. The van der Waals surface area contributed by atoms with Gasteiger partial charge >= 0.3 is 0 Å². The lowest BCUT2D eigenvalue weighted by atomic mass is 10.1. The molecule has 0 aromatic heterocycles. The molecule has 1 aromatic carbocycles. The van der Waals surface area contributed by atoms with Gasteiger partial charge in [0.25, 0.3) is 0 Å². The van der Waals surface area contributed by atoms with Gasteiger partial charge in [-0.2, -0.15) is 0 Å². The molecule has 0 aliphatic rings. The fourth-order valence-corrected chi connectivity index (χ4v) is 2.57. The predicted octanol–water partition coefficient (Wildman–Crippen LogP) is 6.22. The normalized spacial score (nSPS) is 11.3. The van der Waals surface area contributed by atoms with Crippen molar-refractivity contribution in [3.05, 3.63) is 35.9 Å². The van der Waals surface area contributed by atoms with Gasteiger partial charge in [-0.3, -0.25) is 4.99 Å². The van der Waals surface area contributed by atoms with Gasteiger partial charge in [-0.1, -0.05) is 95.0 Å². The average Bonchev–Trinajstić information content (AvgIpc) is 2.53. The Labute approximate surface area is 131 Å². The number of hydrogen-bond acceptors (Lipinski definition) is 1. The Kier molecular flexibility index (Phi) is 11.8. The van der Waals surface area contributed by atoms with Crippen molar-refractivity contribution >= 4 is 6.21 Å². The molecular formula is C20H33N. The van der Waals surface area contributed by atoms with Gasteiger partial charge in [0.05, 0.1) is 0 Å². The van der Waals surface area contributed by atoms with Gasteiger partial charge in [0.2, 0.25) is 0 Å². The summed E-state index contributed by atoms with van der Waals surface area (Å²) in [7, 11) is 0. The number of nitrogens with zero attached hydrogens (tertiary/aromatic N) is 1. The maximum absolute atomic E-state index is 4.51. The zero-order chi connectivity index (χ0) is 15.0. The van der Waals surface area contributed by atoms with E-state index < -0.39 is 0 Å². The minimum atomic E-state index is 0.971. The van der Waals surface area contributed by atoms with Crippen LogP contribution in [0.25, 0.3) is 0 Å². The van der Waals surface area contributed by atoms with Crippen LogP contribution in [0.15, 0.2) is 35.3 Å². The molecule has 0 heterocycles. The lowest BCUT2D eigenvalue weighted by Crippen LogP contribution is -1.88. The molecule has 118 valence electrons. The number of hydrogen-bond donors (Lipinski definition) is 0. The summed E-state index contributed by atoms with van der Waals surface area (Å²) < 4.78 is 0. The van der Waals surface area contributed by atoms with Gasteiger partial charge in [-0.25, -0.2) is 0 Å². The van der Waals surface area contributed by atoms with Crippen LogP contribution >= 0.6 is 0 Å². The van der Waals surface area contributed by atoms with Crippen LogP contribution in [0.2, 0.25) is 0 Å². The van der Waals surface area contributed by atoms with Crippen LogP contribution in [0.3, 0.4) is 0 Å². The Balaban J connectivity index is 1.82. The summed E-state index contributed by atoms with van der Waals surface area (Å²) in [6.07, 6.45) is 17.0.